The van der Waals surface area contributed by atoms with Gasteiger partial charge in [-0.3, -0.25) is 4.79 Å². The van der Waals surface area contributed by atoms with Gasteiger partial charge in [0.05, 0.1) is 0 Å². The van der Waals surface area contributed by atoms with Gasteiger partial charge in [0, 0.05) is 56.6 Å². The van der Waals surface area contributed by atoms with Gasteiger partial charge in [0.1, 0.15) is 5.82 Å². The maximum absolute atomic E-state index is 12.7. The van der Waals surface area contributed by atoms with Gasteiger partial charge in [0.25, 0.3) is 5.91 Å². The van der Waals surface area contributed by atoms with Gasteiger partial charge in [-0.05, 0) is 56.1 Å². The van der Waals surface area contributed by atoms with Crippen molar-refractivity contribution in [1.29, 1.82) is 0 Å². The van der Waals surface area contributed by atoms with Crippen LogP contribution >= 0.6 is 0 Å². The summed E-state index contributed by atoms with van der Waals surface area (Å²) in [6, 6.07) is 12.2. The molecular weight excluding hydrogens is 336 g/mol. The predicted molar refractivity (Wildman–Crippen MR) is 109 cm³/mol. The number of hydrogen-bond acceptors (Lipinski definition) is 4. The minimum absolute atomic E-state index is 0.133. The Morgan fingerprint density at radius 2 is 1.48 bits per heavy atom. The van der Waals surface area contributed by atoms with Crippen molar-refractivity contribution in [3.8, 4) is 11.1 Å². The molecule has 0 saturated carbocycles. The van der Waals surface area contributed by atoms with E-state index in [9.17, 15) is 4.79 Å². The molecule has 2 aromatic rings. The number of benzene rings is 1. The molecule has 0 bridgehead atoms. The van der Waals surface area contributed by atoms with Crippen LogP contribution in [0.4, 0.5) is 5.82 Å². The van der Waals surface area contributed by atoms with Crippen molar-refractivity contribution in [2.45, 2.75) is 19.3 Å². The number of aromatic nitrogens is 1. The van der Waals surface area contributed by atoms with Gasteiger partial charge >= 0.3 is 0 Å². The molecule has 1 aromatic carbocycles. The van der Waals surface area contributed by atoms with Gasteiger partial charge in [0.15, 0.2) is 0 Å². The van der Waals surface area contributed by atoms with E-state index in [0.717, 1.165) is 61.8 Å². The number of amides is 1. The van der Waals surface area contributed by atoms with Gasteiger partial charge in [-0.15, -0.1) is 0 Å². The number of pyridine rings is 1. The second-order valence-corrected chi connectivity index (χ2v) is 7.63. The lowest BCUT2D eigenvalue weighted by Gasteiger charge is -2.32. The van der Waals surface area contributed by atoms with Crippen LogP contribution in [0.1, 0.15) is 29.6 Å². The SMILES string of the molecule is CN1CCN(C(=O)c2ccc(-c3ccc(N4CCCCC4)nc3)cc2)CC1. The number of hydrogen-bond donors (Lipinski definition) is 0. The number of carbonyl (C=O) groups is 1. The number of carbonyl (C=O) groups excluding carboxylic acids is 1. The highest BCUT2D eigenvalue weighted by molar-refractivity contribution is 5.94. The highest BCUT2D eigenvalue weighted by atomic mass is 16.2. The number of piperidine rings is 1. The molecule has 5 heteroatoms. The number of likely N-dealkylation sites (N-methyl/N-ethyl adjacent to an activating group) is 1. The van der Waals surface area contributed by atoms with Gasteiger partial charge < -0.3 is 14.7 Å². The van der Waals surface area contributed by atoms with Gasteiger partial charge in [-0.1, -0.05) is 12.1 Å². The van der Waals surface area contributed by atoms with Crippen LogP contribution in [0.15, 0.2) is 42.6 Å². The third kappa shape index (κ3) is 4.14. The first kappa shape index (κ1) is 18.0. The van der Waals surface area contributed by atoms with Crippen molar-refractivity contribution >= 4 is 11.7 Å². The maximum Gasteiger partial charge on any atom is 0.253 e. The molecule has 1 aromatic heterocycles. The normalized spacial score (nSPS) is 18.6. The first-order valence-electron chi connectivity index (χ1n) is 10.00. The van der Waals surface area contributed by atoms with Crippen LogP contribution in [0, 0.1) is 0 Å². The predicted octanol–water partition coefficient (Wildman–Crippen LogP) is 3.13. The Hall–Kier alpha value is -2.40. The summed E-state index contributed by atoms with van der Waals surface area (Å²) < 4.78 is 0. The summed E-state index contributed by atoms with van der Waals surface area (Å²) in [6.45, 7) is 5.71. The molecule has 0 aliphatic carbocycles. The molecule has 2 saturated heterocycles. The summed E-state index contributed by atoms with van der Waals surface area (Å²) in [5.74, 6) is 1.20. The topological polar surface area (TPSA) is 39.7 Å². The number of anilines is 1. The molecule has 5 nitrogen and oxygen atoms in total. The zero-order valence-electron chi connectivity index (χ0n) is 16.1. The monoisotopic (exact) mass is 364 g/mol. The van der Waals surface area contributed by atoms with Crippen LogP contribution in [0.2, 0.25) is 0 Å². The van der Waals surface area contributed by atoms with E-state index in [0.29, 0.717) is 0 Å². The third-order valence-electron chi connectivity index (χ3n) is 5.68. The molecular formula is C22H28N4O. The van der Waals surface area contributed by atoms with Crippen molar-refractivity contribution in [1.82, 2.24) is 14.8 Å². The second-order valence-electron chi connectivity index (χ2n) is 7.63. The molecule has 0 atom stereocenters. The second kappa shape index (κ2) is 8.09. The molecule has 0 radical (unpaired) electrons. The summed E-state index contributed by atoms with van der Waals surface area (Å²) >= 11 is 0. The quantitative estimate of drug-likeness (QED) is 0.839. The molecule has 4 rings (SSSR count). The molecule has 1 amide bonds. The Bertz CT molecular complexity index is 758. The average molecular weight is 364 g/mol. The van der Waals surface area contributed by atoms with Crippen LogP contribution < -0.4 is 4.90 Å². The summed E-state index contributed by atoms with van der Waals surface area (Å²) in [4.78, 5) is 23.9. The lowest BCUT2D eigenvalue weighted by molar-refractivity contribution is 0.0664. The molecule has 2 aliphatic rings. The zero-order valence-corrected chi connectivity index (χ0v) is 16.1. The van der Waals surface area contributed by atoms with Crippen LogP contribution in [-0.4, -0.2) is 67.0 Å². The summed E-state index contributed by atoms with van der Waals surface area (Å²) in [5, 5.41) is 0. The van der Waals surface area contributed by atoms with Gasteiger partial charge in [0.2, 0.25) is 0 Å². The van der Waals surface area contributed by atoms with E-state index in [2.05, 4.69) is 34.0 Å². The Morgan fingerprint density at radius 1 is 0.815 bits per heavy atom. The highest BCUT2D eigenvalue weighted by Crippen LogP contribution is 2.23. The zero-order chi connectivity index (χ0) is 18.6. The standard InChI is InChI=1S/C22H28N4O/c1-24-13-15-26(16-14-24)22(27)19-7-5-18(6-8-19)20-9-10-21(23-17-20)25-11-3-2-4-12-25/h5-10,17H,2-4,11-16H2,1H3. The Kier molecular flexibility index (Phi) is 5.39. The molecule has 0 N–H and O–H groups in total. The molecule has 2 aliphatic heterocycles. The minimum atomic E-state index is 0.133. The van der Waals surface area contributed by atoms with Gasteiger partial charge in [-0.25, -0.2) is 4.98 Å². The van der Waals surface area contributed by atoms with E-state index < -0.39 is 0 Å². The van der Waals surface area contributed by atoms with E-state index in [1.54, 1.807) is 0 Å². The number of nitrogens with zero attached hydrogens (tertiary/aromatic N) is 4. The minimum Gasteiger partial charge on any atom is -0.357 e. The van der Waals surface area contributed by atoms with E-state index in [4.69, 9.17) is 0 Å². The molecule has 3 heterocycles. The van der Waals surface area contributed by atoms with Crippen molar-refractivity contribution in [2.24, 2.45) is 0 Å². The van der Waals surface area contributed by atoms with Crippen LogP contribution in [0.25, 0.3) is 11.1 Å². The first-order chi connectivity index (χ1) is 13.2. The van der Waals surface area contributed by atoms with E-state index in [-0.39, 0.29) is 5.91 Å². The lowest BCUT2D eigenvalue weighted by atomic mass is 10.0. The number of piperazine rings is 1. The van der Waals surface area contributed by atoms with E-state index in [1.807, 2.05) is 35.4 Å². The fourth-order valence-corrected chi connectivity index (χ4v) is 3.86. The molecule has 0 unspecified atom stereocenters. The maximum atomic E-state index is 12.7. The van der Waals surface area contributed by atoms with Crippen molar-refractivity contribution in [2.75, 3.05) is 51.2 Å². The lowest BCUT2D eigenvalue weighted by Crippen LogP contribution is -2.47. The van der Waals surface area contributed by atoms with Crippen molar-refractivity contribution in [3.05, 3.63) is 48.2 Å². The summed E-state index contributed by atoms with van der Waals surface area (Å²) in [7, 11) is 2.10. The Morgan fingerprint density at radius 3 is 2.11 bits per heavy atom. The highest BCUT2D eigenvalue weighted by Gasteiger charge is 2.20. The summed E-state index contributed by atoms with van der Waals surface area (Å²) in [6.07, 6.45) is 5.79. The van der Waals surface area contributed by atoms with E-state index in [1.165, 1.54) is 19.3 Å². The largest absolute Gasteiger partial charge is 0.357 e. The average Bonchev–Trinajstić information content (AvgIpc) is 2.75. The smallest absolute Gasteiger partial charge is 0.253 e. The van der Waals surface area contributed by atoms with Crippen molar-refractivity contribution < 1.29 is 4.79 Å². The number of rotatable bonds is 3. The third-order valence-corrected chi connectivity index (χ3v) is 5.68. The van der Waals surface area contributed by atoms with Crippen molar-refractivity contribution in [3.63, 3.8) is 0 Å². The molecule has 2 fully saturated rings. The van der Waals surface area contributed by atoms with Gasteiger partial charge in [-0.2, -0.15) is 0 Å². The molecule has 0 spiro atoms. The Balaban J connectivity index is 1.43. The van der Waals surface area contributed by atoms with E-state index >= 15 is 0 Å². The summed E-state index contributed by atoms with van der Waals surface area (Å²) in [5.41, 5.74) is 2.96. The fraction of sp³-hybridized carbons (Fsp3) is 0.455. The van der Waals surface area contributed by atoms with Crippen LogP contribution in [0.5, 0.6) is 0 Å². The first-order valence-corrected chi connectivity index (χ1v) is 10.00. The fourth-order valence-electron chi connectivity index (χ4n) is 3.86. The molecule has 142 valence electrons. The molecule has 27 heavy (non-hydrogen) atoms. The Labute approximate surface area is 161 Å². The van der Waals surface area contributed by atoms with Crippen LogP contribution in [0.3, 0.4) is 0 Å². The van der Waals surface area contributed by atoms with Crippen LogP contribution in [-0.2, 0) is 0 Å².